The first-order valence-corrected chi connectivity index (χ1v) is 8.53. The Morgan fingerprint density at radius 2 is 1.68 bits per heavy atom. The minimum absolute atomic E-state index is 0.256. The van der Waals surface area contributed by atoms with Crippen LogP contribution < -0.4 is 0 Å². The fraction of sp³-hybridized carbons (Fsp3) is 0.0556. The lowest BCUT2D eigenvalue weighted by molar-refractivity contribution is 0.626. The average molecular weight is 354 g/mol. The third kappa shape index (κ3) is 3.36. The molecule has 2 aromatic carbocycles. The van der Waals surface area contributed by atoms with Crippen molar-refractivity contribution < 1.29 is 8.78 Å². The van der Waals surface area contributed by atoms with Crippen LogP contribution in [0.2, 0.25) is 0 Å². The maximum absolute atomic E-state index is 13.5. The summed E-state index contributed by atoms with van der Waals surface area (Å²) in [5, 5.41) is 13.4. The van der Waals surface area contributed by atoms with Crippen LogP contribution in [0.15, 0.2) is 65.7 Å². The van der Waals surface area contributed by atoms with E-state index in [1.165, 1.54) is 36.0 Å². The van der Waals surface area contributed by atoms with Crippen molar-refractivity contribution in [2.75, 3.05) is 0 Å². The zero-order chi connectivity index (χ0) is 17.2. The van der Waals surface area contributed by atoms with Crippen molar-refractivity contribution in [2.45, 2.75) is 10.8 Å². The van der Waals surface area contributed by atoms with Crippen molar-refractivity contribution in [1.29, 1.82) is 0 Å². The number of aromatic nitrogens is 4. The molecular formula is C18H12F2N4S. The highest BCUT2D eigenvalue weighted by Gasteiger charge is 2.11. The minimum atomic E-state index is -0.342. The van der Waals surface area contributed by atoms with Gasteiger partial charge in [0.05, 0.1) is 0 Å². The van der Waals surface area contributed by atoms with E-state index in [1.54, 1.807) is 28.8 Å². The van der Waals surface area contributed by atoms with Crippen LogP contribution in [0.1, 0.15) is 5.56 Å². The van der Waals surface area contributed by atoms with Crippen LogP contribution in [0, 0.1) is 11.6 Å². The maximum Gasteiger partial charge on any atom is 0.185 e. The fourth-order valence-corrected chi connectivity index (χ4v) is 3.24. The zero-order valence-electron chi connectivity index (χ0n) is 12.9. The molecule has 0 amide bonds. The summed E-state index contributed by atoms with van der Waals surface area (Å²) < 4.78 is 28.3. The molecule has 0 unspecified atom stereocenters. The Labute approximate surface area is 146 Å². The molecule has 0 aliphatic rings. The number of fused-ring (bicyclic) bond motifs is 1. The minimum Gasteiger partial charge on any atom is -0.207 e. The molecule has 0 N–H and O–H groups in total. The first kappa shape index (κ1) is 15.7. The van der Waals surface area contributed by atoms with Gasteiger partial charge in [-0.3, -0.25) is 0 Å². The van der Waals surface area contributed by atoms with Crippen molar-refractivity contribution in [2.24, 2.45) is 0 Å². The monoisotopic (exact) mass is 354 g/mol. The molecule has 4 nitrogen and oxygen atoms in total. The molecule has 0 fully saturated rings. The molecule has 4 aromatic rings. The second-order valence-electron chi connectivity index (χ2n) is 5.39. The zero-order valence-corrected chi connectivity index (χ0v) is 13.8. The van der Waals surface area contributed by atoms with Gasteiger partial charge in [0.1, 0.15) is 16.7 Å². The van der Waals surface area contributed by atoms with Gasteiger partial charge in [-0.2, -0.15) is 9.61 Å². The smallest absolute Gasteiger partial charge is 0.185 e. The molecule has 0 bridgehead atoms. The topological polar surface area (TPSA) is 43.1 Å². The first-order chi connectivity index (χ1) is 12.2. The van der Waals surface area contributed by atoms with E-state index in [-0.39, 0.29) is 11.6 Å². The third-order valence-corrected chi connectivity index (χ3v) is 4.59. The molecule has 0 atom stereocenters. The van der Waals surface area contributed by atoms with Gasteiger partial charge < -0.3 is 0 Å². The summed E-state index contributed by atoms with van der Waals surface area (Å²) in [6.07, 6.45) is 0. The Bertz CT molecular complexity index is 1050. The van der Waals surface area contributed by atoms with Crippen LogP contribution in [0.3, 0.4) is 0 Å². The summed E-state index contributed by atoms with van der Waals surface area (Å²) in [4.78, 5) is 0. The molecule has 7 heteroatoms. The molecule has 25 heavy (non-hydrogen) atoms. The normalized spacial score (nSPS) is 11.1. The van der Waals surface area contributed by atoms with Crippen LogP contribution in [-0.4, -0.2) is 19.8 Å². The van der Waals surface area contributed by atoms with Crippen LogP contribution in [0.25, 0.3) is 17.0 Å². The van der Waals surface area contributed by atoms with Crippen molar-refractivity contribution >= 4 is 17.4 Å². The number of hydrogen-bond acceptors (Lipinski definition) is 4. The Balaban J connectivity index is 1.64. The van der Waals surface area contributed by atoms with Gasteiger partial charge in [0.15, 0.2) is 11.5 Å². The number of nitrogens with zero attached hydrogens (tertiary/aromatic N) is 4. The summed E-state index contributed by atoms with van der Waals surface area (Å²) in [7, 11) is 0. The summed E-state index contributed by atoms with van der Waals surface area (Å²) in [5.74, 6) is 0.468. The Hall–Kier alpha value is -2.80. The van der Waals surface area contributed by atoms with Gasteiger partial charge in [-0.05, 0) is 42.0 Å². The number of rotatable bonds is 4. The third-order valence-electron chi connectivity index (χ3n) is 3.60. The highest BCUT2D eigenvalue weighted by molar-refractivity contribution is 7.98. The second-order valence-corrected chi connectivity index (χ2v) is 6.39. The number of halogens is 2. The molecule has 2 heterocycles. The lowest BCUT2D eigenvalue weighted by Gasteiger charge is -2.04. The molecular weight excluding hydrogens is 342 g/mol. The van der Waals surface area contributed by atoms with Gasteiger partial charge >= 0.3 is 0 Å². The Morgan fingerprint density at radius 3 is 2.48 bits per heavy atom. The molecule has 0 radical (unpaired) electrons. The van der Waals surface area contributed by atoms with E-state index in [4.69, 9.17) is 0 Å². The van der Waals surface area contributed by atoms with Crippen molar-refractivity contribution in [3.8, 4) is 11.4 Å². The van der Waals surface area contributed by atoms with E-state index < -0.39 is 0 Å². The summed E-state index contributed by atoms with van der Waals surface area (Å²) in [6.45, 7) is 0. The van der Waals surface area contributed by atoms with Crippen LogP contribution in [0.4, 0.5) is 8.78 Å². The summed E-state index contributed by atoms with van der Waals surface area (Å²) in [5.41, 5.74) is 2.06. The van der Waals surface area contributed by atoms with E-state index in [1.807, 2.05) is 12.1 Å². The van der Waals surface area contributed by atoms with E-state index in [9.17, 15) is 8.78 Å². The van der Waals surface area contributed by atoms with Gasteiger partial charge in [0.2, 0.25) is 0 Å². The molecule has 0 spiro atoms. The van der Waals surface area contributed by atoms with E-state index in [0.29, 0.717) is 22.8 Å². The lowest BCUT2D eigenvalue weighted by atomic mass is 10.2. The molecule has 0 saturated carbocycles. The van der Waals surface area contributed by atoms with Crippen molar-refractivity contribution in [3.63, 3.8) is 0 Å². The summed E-state index contributed by atoms with van der Waals surface area (Å²) >= 11 is 1.48. The first-order valence-electron chi connectivity index (χ1n) is 7.55. The SMILES string of the molecule is Fc1cccc(CSc2ccc3nnc(-c4cccc(F)c4)n3n2)c1. The summed E-state index contributed by atoms with van der Waals surface area (Å²) in [6, 6.07) is 16.3. The second kappa shape index (κ2) is 6.60. The Morgan fingerprint density at radius 1 is 0.880 bits per heavy atom. The number of thioether (sulfide) groups is 1. The van der Waals surface area contributed by atoms with Crippen LogP contribution in [-0.2, 0) is 5.75 Å². The fourth-order valence-electron chi connectivity index (χ4n) is 2.44. The van der Waals surface area contributed by atoms with Crippen LogP contribution >= 0.6 is 11.8 Å². The quantitative estimate of drug-likeness (QED) is 0.511. The average Bonchev–Trinajstić information content (AvgIpc) is 3.03. The largest absolute Gasteiger partial charge is 0.207 e. The standard InChI is InChI=1S/C18H12F2N4S/c19-14-5-1-3-12(9-14)11-25-17-8-7-16-21-22-18(24(16)23-17)13-4-2-6-15(20)10-13/h1-10H,11H2. The van der Waals surface area contributed by atoms with Gasteiger partial charge in [-0.1, -0.05) is 36.0 Å². The number of benzene rings is 2. The molecule has 0 aliphatic heterocycles. The van der Waals surface area contributed by atoms with Gasteiger partial charge in [-0.25, -0.2) is 8.78 Å². The predicted octanol–water partition coefficient (Wildman–Crippen LogP) is 4.36. The molecule has 124 valence electrons. The molecule has 2 aromatic heterocycles. The van der Waals surface area contributed by atoms with Crippen LogP contribution in [0.5, 0.6) is 0 Å². The van der Waals surface area contributed by atoms with E-state index in [0.717, 1.165) is 10.6 Å². The highest BCUT2D eigenvalue weighted by Crippen LogP contribution is 2.23. The number of hydrogen-bond donors (Lipinski definition) is 0. The molecule has 0 aliphatic carbocycles. The van der Waals surface area contributed by atoms with Gasteiger partial charge in [0.25, 0.3) is 0 Å². The molecule has 4 rings (SSSR count). The van der Waals surface area contributed by atoms with Crippen molar-refractivity contribution in [1.82, 2.24) is 19.8 Å². The maximum atomic E-state index is 13.5. The lowest BCUT2D eigenvalue weighted by Crippen LogP contribution is -1.97. The van der Waals surface area contributed by atoms with Gasteiger partial charge in [0, 0.05) is 11.3 Å². The van der Waals surface area contributed by atoms with E-state index in [2.05, 4.69) is 15.3 Å². The predicted molar refractivity (Wildman–Crippen MR) is 92.1 cm³/mol. The molecule has 0 saturated heterocycles. The highest BCUT2D eigenvalue weighted by atomic mass is 32.2. The van der Waals surface area contributed by atoms with E-state index >= 15 is 0 Å². The van der Waals surface area contributed by atoms with Crippen molar-refractivity contribution in [3.05, 3.63) is 77.9 Å². The van der Waals surface area contributed by atoms with Gasteiger partial charge in [-0.15, -0.1) is 10.2 Å². The Kier molecular flexibility index (Phi) is 4.15.